The molecule has 0 bridgehead atoms. The highest BCUT2D eigenvalue weighted by Gasteiger charge is 2.37. The molecule has 120 valence electrons. The summed E-state index contributed by atoms with van der Waals surface area (Å²) in [6.07, 6.45) is 1.48. The second-order valence-corrected chi connectivity index (χ2v) is 5.62. The number of aromatic amines is 1. The third kappa shape index (κ3) is 2.95. The lowest BCUT2D eigenvalue weighted by Crippen LogP contribution is -2.61. The van der Waals surface area contributed by atoms with E-state index in [9.17, 15) is 14.4 Å². The molecule has 0 aliphatic carbocycles. The zero-order valence-electron chi connectivity index (χ0n) is 13.3. The highest BCUT2D eigenvalue weighted by molar-refractivity contribution is 5.96. The van der Waals surface area contributed by atoms with E-state index in [4.69, 9.17) is 0 Å². The number of carbonyl (C=O) groups is 3. The number of nitrogens with one attached hydrogen (secondary N) is 1. The maximum Gasteiger partial charge on any atom is 0.257 e. The lowest BCUT2D eigenvalue weighted by atomic mass is 10.1. The molecule has 8 nitrogen and oxygen atoms in total. The standard InChI is InChI=1S/C14H21N5O3/c1-9-11(7-15-16-9)13(21)18-5-6-19(10(2)20)12(8-18)14(22)17(3)4/h7,12H,5-6,8H2,1-4H3,(H,15,16)/t12-/m0/s1. The molecular formula is C14H21N5O3. The van der Waals surface area contributed by atoms with E-state index in [0.717, 1.165) is 0 Å². The zero-order valence-corrected chi connectivity index (χ0v) is 13.3. The first-order valence-corrected chi connectivity index (χ1v) is 7.10. The first-order valence-electron chi connectivity index (χ1n) is 7.10. The maximum absolute atomic E-state index is 12.5. The second kappa shape index (κ2) is 6.17. The molecule has 1 atom stereocenters. The van der Waals surface area contributed by atoms with Crippen LogP contribution in [0.15, 0.2) is 6.20 Å². The summed E-state index contributed by atoms with van der Waals surface area (Å²) in [6.45, 7) is 4.16. The molecule has 1 aliphatic rings. The number of aryl methyl sites for hydroxylation is 1. The lowest BCUT2D eigenvalue weighted by Gasteiger charge is -2.40. The second-order valence-electron chi connectivity index (χ2n) is 5.62. The van der Waals surface area contributed by atoms with Crippen LogP contribution in [0.5, 0.6) is 0 Å². The quantitative estimate of drug-likeness (QED) is 0.796. The van der Waals surface area contributed by atoms with Crippen molar-refractivity contribution in [2.45, 2.75) is 19.9 Å². The van der Waals surface area contributed by atoms with Crippen LogP contribution in [0, 0.1) is 6.92 Å². The molecule has 0 spiro atoms. The summed E-state index contributed by atoms with van der Waals surface area (Å²) in [5.41, 5.74) is 1.18. The van der Waals surface area contributed by atoms with E-state index in [-0.39, 0.29) is 24.3 Å². The fourth-order valence-corrected chi connectivity index (χ4v) is 2.59. The molecule has 0 aromatic carbocycles. The molecule has 1 aliphatic heterocycles. The summed E-state index contributed by atoms with van der Waals surface area (Å²) < 4.78 is 0. The maximum atomic E-state index is 12.5. The molecule has 0 radical (unpaired) electrons. The Labute approximate surface area is 129 Å². The monoisotopic (exact) mass is 307 g/mol. The third-order valence-electron chi connectivity index (χ3n) is 3.86. The smallest absolute Gasteiger partial charge is 0.257 e. The van der Waals surface area contributed by atoms with Gasteiger partial charge in [-0.1, -0.05) is 0 Å². The summed E-state index contributed by atoms with van der Waals surface area (Å²) >= 11 is 0. The molecule has 1 fully saturated rings. The Kier molecular flexibility index (Phi) is 4.48. The number of hydrogen-bond donors (Lipinski definition) is 1. The summed E-state index contributed by atoms with van der Waals surface area (Å²) in [5, 5.41) is 6.58. The topological polar surface area (TPSA) is 89.6 Å². The average molecular weight is 307 g/mol. The highest BCUT2D eigenvalue weighted by atomic mass is 16.2. The number of rotatable bonds is 2. The van der Waals surface area contributed by atoms with E-state index in [0.29, 0.717) is 24.3 Å². The number of nitrogens with zero attached hydrogens (tertiary/aromatic N) is 4. The molecule has 0 saturated carbocycles. The molecule has 3 amide bonds. The van der Waals surface area contributed by atoms with Crippen molar-refractivity contribution in [3.8, 4) is 0 Å². The first kappa shape index (κ1) is 16.0. The Hall–Kier alpha value is -2.38. The van der Waals surface area contributed by atoms with E-state index in [1.165, 1.54) is 22.9 Å². The summed E-state index contributed by atoms with van der Waals surface area (Å²) in [4.78, 5) is 41.1. The molecule has 1 aromatic heterocycles. The Morgan fingerprint density at radius 1 is 1.32 bits per heavy atom. The van der Waals surface area contributed by atoms with Crippen LogP contribution in [0.2, 0.25) is 0 Å². The van der Waals surface area contributed by atoms with Crippen molar-refractivity contribution in [1.82, 2.24) is 24.9 Å². The predicted octanol–water partition coefficient (Wildman–Crippen LogP) is -0.521. The van der Waals surface area contributed by atoms with Gasteiger partial charge in [-0.2, -0.15) is 5.10 Å². The number of carbonyl (C=O) groups excluding carboxylic acids is 3. The van der Waals surface area contributed by atoms with Crippen molar-refractivity contribution >= 4 is 17.7 Å². The van der Waals surface area contributed by atoms with Crippen molar-refractivity contribution in [2.24, 2.45) is 0 Å². The normalized spacial score (nSPS) is 18.3. The molecule has 8 heteroatoms. The number of likely N-dealkylation sites (N-methyl/N-ethyl adjacent to an activating group) is 1. The molecule has 1 aromatic rings. The third-order valence-corrected chi connectivity index (χ3v) is 3.86. The first-order chi connectivity index (χ1) is 10.3. The van der Waals surface area contributed by atoms with Crippen LogP contribution in [-0.2, 0) is 9.59 Å². The molecule has 2 rings (SSSR count). The Morgan fingerprint density at radius 3 is 2.50 bits per heavy atom. The van der Waals surface area contributed by atoms with Gasteiger partial charge in [-0.05, 0) is 6.92 Å². The minimum atomic E-state index is -0.641. The van der Waals surface area contributed by atoms with Gasteiger partial charge in [0.2, 0.25) is 11.8 Å². The van der Waals surface area contributed by atoms with Crippen LogP contribution in [0.25, 0.3) is 0 Å². The molecule has 2 heterocycles. The molecule has 0 unspecified atom stereocenters. The fraction of sp³-hybridized carbons (Fsp3) is 0.571. The SMILES string of the molecule is CC(=O)N1CCN(C(=O)c2cn[nH]c2C)C[C@H]1C(=O)N(C)C. The number of H-pyrrole nitrogens is 1. The number of piperazine rings is 1. The van der Waals surface area contributed by atoms with Crippen LogP contribution in [0.4, 0.5) is 0 Å². The predicted molar refractivity (Wildman–Crippen MR) is 79.1 cm³/mol. The molecule has 1 N–H and O–H groups in total. The minimum absolute atomic E-state index is 0.160. The minimum Gasteiger partial charge on any atom is -0.347 e. The van der Waals surface area contributed by atoms with Crippen LogP contribution in [-0.4, -0.2) is 82.4 Å². The lowest BCUT2D eigenvalue weighted by molar-refractivity contribution is -0.146. The molecule has 1 saturated heterocycles. The van der Waals surface area contributed by atoms with Gasteiger partial charge in [0.25, 0.3) is 5.91 Å². The van der Waals surface area contributed by atoms with E-state index >= 15 is 0 Å². The van der Waals surface area contributed by atoms with Crippen molar-refractivity contribution < 1.29 is 14.4 Å². The van der Waals surface area contributed by atoms with E-state index in [1.54, 1.807) is 25.9 Å². The van der Waals surface area contributed by atoms with Crippen LogP contribution in [0.3, 0.4) is 0 Å². The van der Waals surface area contributed by atoms with E-state index in [2.05, 4.69) is 10.2 Å². The van der Waals surface area contributed by atoms with Crippen LogP contribution in [0.1, 0.15) is 23.0 Å². The Morgan fingerprint density at radius 2 is 2.00 bits per heavy atom. The zero-order chi connectivity index (χ0) is 16.4. The van der Waals surface area contributed by atoms with Gasteiger partial charge in [0.05, 0.1) is 18.3 Å². The van der Waals surface area contributed by atoms with Gasteiger partial charge < -0.3 is 14.7 Å². The van der Waals surface area contributed by atoms with E-state index in [1.807, 2.05) is 0 Å². The summed E-state index contributed by atoms with van der Waals surface area (Å²) in [5.74, 6) is -0.519. The van der Waals surface area contributed by atoms with Crippen LogP contribution < -0.4 is 0 Å². The van der Waals surface area contributed by atoms with Gasteiger partial charge >= 0.3 is 0 Å². The van der Waals surface area contributed by atoms with Crippen molar-refractivity contribution in [3.05, 3.63) is 17.5 Å². The van der Waals surface area contributed by atoms with Gasteiger partial charge in [-0.3, -0.25) is 19.5 Å². The summed E-state index contributed by atoms with van der Waals surface area (Å²) in [6, 6.07) is -0.641. The summed E-state index contributed by atoms with van der Waals surface area (Å²) in [7, 11) is 3.28. The number of amides is 3. The fourth-order valence-electron chi connectivity index (χ4n) is 2.59. The van der Waals surface area contributed by atoms with Crippen LogP contribution >= 0.6 is 0 Å². The van der Waals surface area contributed by atoms with Crippen molar-refractivity contribution in [3.63, 3.8) is 0 Å². The Balaban J connectivity index is 2.20. The molecular weight excluding hydrogens is 286 g/mol. The van der Waals surface area contributed by atoms with Crippen molar-refractivity contribution in [1.29, 1.82) is 0 Å². The van der Waals surface area contributed by atoms with Crippen molar-refractivity contribution in [2.75, 3.05) is 33.7 Å². The highest BCUT2D eigenvalue weighted by Crippen LogP contribution is 2.16. The van der Waals surface area contributed by atoms with Gasteiger partial charge in [0.15, 0.2) is 0 Å². The molecule has 22 heavy (non-hydrogen) atoms. The average Bonchev–Trinajstić information content (AvgIpc) is 2.90. The largest absolute Gasteiger partial charge is 0.347 e. The van der Waals surface area contributed by atoms with Gasteiger partial charge in [-0.15, -0.1) is 0 Å². The number of aromatic nitrogens is 2. The van der Waals surface area contributed by atoms with Gasteiger partial charge in [0.1, 0.15) is 6.04 Å². The Bertz CT molecular complexity index is 595. The van der Waals surface area contributed by atoms with E-state index < -0.39 is 6.04 Å². The number of hydrogen-bond acceptors (Lipinski definition) is 4. The van der Waals surface area contributed by atoms with Gasteiger partial charge in [0, 0.05) is 39.8 Å². The van der Waals surface area contributed by atoms with Gasteiger partial charge in [-0.25, -0.2) is 0 Å².